The average Bonchev–Trinajstić information content (AvgIpc) is 2.96. The first-order valence-electron chi connectivity index (χ1n) is 5.39. The Bertz CT molecular complexity index is 565. The first-order chi connectivity index (χ1) is 8.25. The van der Waals surface area contributed by atoms with Crippen LogP contribution in [-0.2, 0) is 6.42 Å². The van der Waals surface area contributed by atoms with Crippen molar-refractivity contribution in [2.45, 2.75) is 6.42 Å². The third-order valence-electron chi connectivity index (χ3n) is 2.91. The van der Waals surface area contributed by atoms with E-state index in [0.29, 0.717) is 0 Å². The lowest BCUT2D eigenvalue weighted by molar-refractivity contribution is 0.0993. The number of carbonyl (C=O) groups excluding carboxylic acids is 1. The van der Waals surface area contributed by atoms with E-state index in [1.54, 1.807) is 0 Å². The number of hydrogen-bond donors (Lipinski definition) is 0. The Kier molecular flexibility index (Phi) is 2.65. The minimum atomic E-state index is 0.0843. The van der Waals surface area contributed by atoms with E-state index in [4.69, 9.17) is 11.6 Å². The first kappa shape index (κ1) is 10.8. The molecule has 0 fully saturated rings. The maximum Gasteiger partial charge on any atom is 0.268 e. The molecule has 0 saturated heterocycles. The molecule has 0 radical (unpaired) electrons. The maximum atomic E-state index is 12.3. The molecule has 1 aromatic carbocycles. The van der Waals surface area contributed by atoms with Gasteiger partial charge in [0.25, 0.3) is 5.91 Å². The van der Waals surface area contributed by atoms with E-state index in [1.807, 2.05) is 40.6 Å². The number of amides is 1. The fraction of sp³-hybridized carbons (Fsp3) is 0.154. The Hall–Kier alpha value is -1.32. The van der Waals surface area contributed by atoms with Crippen LogP contribution < -0.4 is 4.90 Å². The molecule has 1 aliphatic rings. The number of carbonyl (C=O) groups is 1. The van der Waals surface area contributed by atoms with Crippen molar-refractivity contribution in [3.05, 3.63) is 51.2 Å². The van der Waals surface area contributed by atoms with Gasteiger partial charge in [-0.3, -0.25) is 4.79 Å². The molecule has 1 aromatic heterocycles. The van der Waals surface area contributed by atoms with Crippen LogP contribution in [0.2, 0.25) is 5.02 Å². The molecule has 0 saturated carbocycles. The average molecular weight is 264 g/mol. The molecule has 86 valence electrons. The highest BCUT2D eigenvalue weighted by Crippen LogP contribution is 2.31. The Balaban J connectivity index is 1.96. The molecule has 4 heteroatoms. The van der Waals surface area contributed by atoms with E-state index in [-0.39, 0.29) is 5.91 Å². The van der Waals surface area contributed by atoms with E-state index in [2.05, 4.69) is 0 Å². The Morgan fingerprint density at radius 2 is 2.24 bits per heavy atom. The summed E-state index contributed by atoms with van der Waals surface area (Å²) in [6.45, 7) is 0.742. The normalized spacial score (nSPS) is 13.8. The summed E-state index contributed by atoms with van der Waals surface area (Å²) in [5.41, 5.74) is 2.15. The molecular formula is C13H10ClNOS. The molecule has 0 aliphatic carbocycles. The van der Waals surface area contributed by atoms with E-state index < -0.39 is 0 Å². The monoisotopic (exact) mass is 263 g/mol. The highest BCUT2D eigenvalue weighted by atomic mass is 35.5. The fourth-order valence-electron chi connectivity index (χ4n) is 2.11. The summed E-state index contributed by atoms with van der Waals surface area (Å²) in [5, 5.41) is 2.65. The summed E-state index contributed by atoms with van der Waals surface area (Å²) in [4.78, 5) is 14.9. The van der Waals surface area contributed by atoms with Crippen molar-refractivity contribution in [3.63, 3.8) is 0 Å². The second kappa shape index (κ2) is 4.17. The number of thiophene rings is 1. The van der Waals surface area contributed by atoms with Gasteiger partial charge in [-0.05, 0) is 41.6 Å². The SMILES string of the molecule is O=C(c1cccs1)N1CCc2cc(Cl)ccc21. The van der Waals surface area contributed by atoms with Crippen LogP contribution in [0.3, 0.4) is 0 Å². The number of anilines is 1. The lowest BCUT2D eigenvalue weighted by atomic mass is 10.2. The Morgan fingerprint density at radius 3 is 3.00 bits per heavy atom. The van der Waals surface area contributed by atoms with Gasteiger partial charge in [-0.25, -0.2) is 0 Å². The van der Waals surface area contributed by atoms with E-state index >= 15 is 0 Å². The van der Waals surface area contributed by atoms with Crippen molar-refractivity contribution < 1.29 is 4.79 Å². The molecule has 0 bridgehead atoms. The van der Waals surface area contributed by atoms with Gasteiger partial charge in [-0.1, -0.05) is 17.7 Å². The minimum Gasteiger partial charge on any atom is -0.307 e. The van der Waals surface area contributed by atoms with E-state index in [9.17, 15) is 4.79 Å². The van der Waals surface area contributed by atoms with Gasteiger partial charge in [0, 0.05) is 17.3 Å². The van der Waals surface area contributed by atoms with Crippen molar-refractivity contribution in [2.24, 2.45) is 0 Å². The summed E-state index contributed by atoms with van der Waals surface area (Å²) < 4.78 is 0. The molecule has 2 aromatic rings. The summed E-state index contributed by atoms with van der Waals surface area (Å²) in [6.07, 6.45) is 0.882. The highest BCUT2D eigenvalue weighted by molar-refractivity contribution is 7.12. The molecule has 1 amide bonds. The van der Waals surface area contributed by atoms with E-state index in [1.165, 1.54) is 11.3 Å². The van der Waals surface area contributed by atoms with Crippen LogP contribution in [0.5, 0.6) is 0 Å². The van der Waals surface area contributed by atoms with Crippen LogP contribution in [0.4, 0.5) is 5.69 Å². The van der Waals surface area contributed by atoms with Gasteiger partial charge < -0.3 is 4.90 Å². The minimum absolute atomic E-state index is 0.0843. The maximum absolute atomic E-state index is 12.3. The summed E-state index contributed by atoms with van der Waals surface area (Å²) in [6, 6.07) is 9.47. The largest absolute Gasteiger partial charge is 0.307 e. The van der Waals surface area contributed by atoms with Gasteiger partial charge in [-0.2, -0.15) is 0 Å². The second-order valence-electron chi connectivity index (χ2n) is 3.96. The molecule has 0 spiro atoms. The van der Waals surface area contributed by atoms with Gasteiger partial charge in [-0.15, -0.1) is 11.3 Å². The predicted octanol–water partition coefficient (Wildman–Crippen LogP) is 3.60. The van der Waals surface area contributed by atoms with Crippen molar-refractivity contribution in [1.29, 1.82) is 0 Å². The first-order valence-corrected chi connectivity index (χ1v) is 6.65. The summed E-state index contributed by atoms with van der Waals surface area (Å²) in [5.74, 6) is 0.0843. The highest BCUT2D eigenvalue weighted by Gasteiger charge is 2.25. The standard InChI is InChI=1S/C13H10ClNOS/c14-10-3-4-11-9(8-10)5-6-15(11)13(16)12-2-1-7-17-12/h1-4,7-8H,5-6H2. The molecule has 3 rings (SSSR count). The van der Waals surface area contributed by atoms with E-state index in [0.717, 1.165) is 34.1 Å². The van der Waals surface area contributed by atoms with Crippen LogP contribution in [0, 0.1) is 0 Å². The van der Waals surface area contributed by atoms with Crippen LogP contribution in [-0.4, -0.2) is 12.5 Å². The number of benzene rings is 1. The summed E-state index contributed by atoms with van der Waals surface area (Å²) in [7, 11) is 0. The Labute approximate surface area is 108 Å². The van der Waals surface area contributed by atoms with Crippen LogP contribution in [0.15, 0.2) is 35.7 Å². The zero-order chi connectivity index (χ0) is 11.8. The van der Waals surface area contributed by atoms with Crippen LogP contribution in [0.1, 0.15) is 15.2 Å². The van der Waals surface area contributed by atoms with Crippen molar-refractivity contribution in [2.75, 3.05) is 11.4 Å². The van der Waals surface area contributed by atoms with Crippen LogP contribution >= 0.6 is 22.9 Å². The third-order valence-corrected chi connectivity index (χ3v) is 4.01. The third kappa shape index (κ3) is 1.85. The molecule has 0 N–H and O–H groups in total. The molecule has 0 atom stereocenters. The van der Waals surface area contributed by atoms with Gasteiger partial charge in [0.15, 0.2) is 0 Å². The molecule has 17 heavy (non-hydrogen) atoms. The molecule has 2 heterocycles. The zero-order valence-electron chi connectivity index (χ0n) is 9.02. The number of hydrogen-bond acceptors (Lipinski definition) is 2. The number of nitrogens with zero attached hydrogens (tertiary/aromatic N) is 1. The molecule has 2 nitrogen and oxygen atoms in total. The molecule has 0 unspecified atom stereocenters. The van der Waals surface area contributed by atoms with Crippen molar-refractivity contribution >= 4 is 34.5 Å². The topological polar surface area (TPSA) is 20.3 Å². The Morgan fingerprint density at radius 1 is 1.35 bits per heavy atom. The van der Waals surface area contributed by atoms with Crippen LogP contribution in [0.25, 0.3) is 0 Å². The molecular weight excluding hydrogens is 254 g/mol. The lowest BCUT2D eigenvalue weighted by Crippen LogP contribution is -2.28. The number of halogens is 1. The lowest BCUT2D eigenvalue weighted by Gasteiger charge is -2.16. The van der Waals surface area contributed by atoms with Gasteiger partial charge >= 0.3 is 0 Å². The number of rotatable bonds is 1. The van der Waals surface area contributed by atoms with Gasteiger partial charge in [0.05, 0.1) is 4.88 Å². The van der Waals surface area contributed by atoms with Crippen molar-refractivity contribution in [3.8, 4) is 0 Å². The predicted molar refractivity (Wildman–Crippen MR) is 71.2 cm³/mol. The number of fused-ring (bicyclic) bond motifs is 1. The van der Waals surface area contributed by atoms with Gasteiger partial charge in [0.1, 0.15) is 0 Å². The van der Waals surface area contributed by atoms with Gasteiger partial charge in [0.2, 0.25) is 0 Å². The smallest absolute Gasteiger partial charge is 0.268 e. The fourth-order valence-corrected chi connectivity index (χ4v) is 2.98. The zero-order valence-corrected chi connectivity index (χ0v) is 10.6. The second-order valence-corrected chi connectivity index (χ2v) is 5.34. The quantitative estimate of drug-likeness (QED) is 0.770. The molecule has 1 aliphatic heterocycles. The van der Waals surface area contributed by atoms with Crippen molar-refractivity contribution in [1.82, 2.24) is 0 Å². The summed E-state index contributed by atoms with van der Waals surface area (Å²) >= 11 is 7.43.